The lowest BCUT2D eigenvalue weighted by molar-refractivity contribution is 0.591. The number of benzene rings is 4. The molecule has 0 aliphatic heterocycles. The van der Waals surface area contributed by atoms with Crippen molar-refractivity contribution in [2.45, 2.75) is 26.2 Å². The Kier molecular flexibility index (Phi) is 3.73. The molecule has 0 saturated carbocycles. The smallest absolute Gasteiger partial charge is 0.0780 e. The fourth-order valence-electron chi connectivity index (χ4n) is 4.03. The van der Waals surface area contributed by atoms with E-state index in [0.717, 1.165) is 11.3 Å². The van der Waals surface area contributed by atoms with E-state index in [2.05, 4.69) is 99.6 Å². The van der Waals surface area contributed by atoms with Gasteiger partial charge < -0.3 is 0 Å². The average Bonchev–Trinajstić information content (AvgIpc) is 2.71. The molecule has 1 heteroatoms. The van der Waals surface area contributed by atoms with E-state index < -0.39 is 0 Å². The first-order valence-corrected chi connectivity index (χ1v) is 9.82. The molecule has 0 radical (unpaired) electrons. The van der Waals surface area contributed by atoms with Gasteiger partial charge in [-0.15, -0.1) is 0 Å². The van der Waals surface area contributed by atoms with Crippen LogP contribution in [0.1, 0.15) is 26.3 Å². The van der Waals surface area contributed by atoms with Crippen molar-refractivity contribution in [3.8, 4) is 11.3 Å². The van der Waals surface area contributed by atoms with Crippen LogP contribution in [0.25, 0.3) is 43.6 Å². The molecule has 0 saturated heterocycles. The molecular weight excluding hydrogens is 338 g/mol. The maximum atomic E-state index is 4.75. The Hall–Kier alpha value is -3.19. The number of pyridine rings is 1. The third-order valence-electron chi connectivity index (χ3n) is 5.65. The minimum atomic E-state index is 0.158. The first-order chi connectivity index (χ1) is 13.5. The number of fused-ring (bicyclic) bond motifs is 4. The number of hydrogen-bond acceptors (Lipinski definition) is 1. The van der Waals surface area contributed by atoms with Gasteiger partial charge in [0.2, 0.25) is 0 Å². The van der Waals surface area contributed by atoms with Gasteiger partial charge >= 0.3 is 0 Å². The first kappa shape index (κ1) is 16.9. The third-order valence-corrected chi connectivity index (χ3v) is 5.65. The average molecular weight is 361 g/mol. The van der Waals surface area contributed by atoms with Gasteiger partial charge in [-0.25, -0.2) is 0 Å². The second kappa shape index (κ2) is 6.17. The fourth-order valence-corrected chi connectivity index (χ4v) is 4.03. The van der Waals surface area contributed by atoms with Crippen LogP contribution >= 0.6 is 0 Å². The van der Waals surface area contributed by atoms with Gasteiger partial charge in [0.1, 0.15) is 0 Å². The van der Waals surface area contributed by atoms with Crippen LogP contribution in [0.2, 0.25) is 0 Å². The molecule has 28 heavy (non-hydrogen) atoms. The lowest BCUT2D eigenvalue weighted by atomic mass is 9.85. The predicted octanol–water partition coefficient (Wildman–Crippen LogP) is 7.51. The Morgan fingerprint density at radius 2 is 1.36 bits per heavy atom. The molecule has 0 fully saturated rings. The third kappa shape index (κ3) is 2.75. The molecule has 5 rings (SSSR count). The minimum Gasteiger partial charge on any atom is -0.256 e. The van der Waals surface area contributed by atoms with Gasteiger partial charge in [-0.3, -0.25) is 4.98 Å². The normalized spacial score (nSPS) is 12.1. The highest BCUT2D eigenvalue weighted by molar-refractivity contribution is 6.11. The van der Waals surface area contributed by atoms with Gasteiger partial charge in [-0.1, -0.05) is 87.5 Å². The summed E-state index contributed by atoms with van der Waals surface area (Å²) in [5.74, 6) is 0. The van der Waals surface area contributed by atoms with E-state index in [1.54, 1.807) is 0 Å². The van der Waals surface area contributed by atoms with Gasteiger partial charge in [-0.05, 0) is 50.0 Å². The Morgan fingerprint density at radius 1 is 0.607 bits per heavy atom. The predicted molar refractivity (Wildman–Crippen MR) is 121 cm³/mol. The second-order valence-electron chi connectivity index (χ2n) is 8.57. The summed E-state index contributed by atoms with van der Waals surface area (Å²) in [6, 6.07) is 28.5. The quantitative estimate of drug-likeness (QED) is 0.282. The fraction of sp³-hybridized carbons (Fsp3) is 0.148. The van der Waals surface area contributed by atoms with Crippen molar-refractivity contribution in [1.29, 1.82) is 0 Å². The zero-order valence-electron chi connectivity index (χ0n) is 16.5. The minimum absolute atomic E-state index is 0.158. The molecule has 0 aliphatic rings. The van der Waals surface area contributed by atoms with Crippen LogP contribution < -0.4 is 0 Å². The number of hydrogen-bond donors (Lipinski definition) is 0. The molecule has 4 aromatic carbocycles. The number of aromatic nitrogens is 1. The van der Waals surface area contributed by atoms with Crippen LogP contribution in [0.3, 0.4) is 0 Å². The molecule has 136 valence electrons. The van der Waals surface area contributed by atoms with Crippen molar-refractivity contribution < 1.29 is 0 Å². The monoisotopic (exact) mass is 361 g/mol. The summed E-state index contributed by atoms with van der Waals surface area (Å²) in [5.41, 5.74) is 3.73. The molecule has 0 N–H and O–H groups in total. The summed E-state index contributed by atoms with van der Waals surface area (Å²) in [7, 11) is 0. The SMILES string of the molecule is CC(C)(C)c1ccc2cc(-c3nccc4c3ccc3ccccc34)ccc2c1. The number of rotatable bonds is 1. The van der Waals surface area contributed by atoms with Gasteiger partial charge in [-0.2, -0.15) is 0 Å². The molecule has 0 bridgehead atoms. The van der Waals surface area contributed by atoms with Crippen molar-refractivity contribution >= 4 is 32.3 Å². The summed E-state index contributed by atoms with van der Waals surface area (Å²) in [6.07, 6.45) is 1.93. The van der Waals surface area contributed by atoms with E-state index >= 15 is 0 Å². The van der Waals surface area contributed by atoms with Crippen LogP contribution in [-0.2, 0) is 5.41 Å². The first-order valence-electron chi connectivity index (χ1n) is 9.82. The molecule has 0 amide bonds. The van der Waals surface area contributed by atoms with E-state index in [4.69, 9.17) is 4.98 Å². The largest absolute Gasteiger partial charge is 0.256 e. The van der Waals surface area contributed by atoms with Crippen molar-refractivity contribution in [2.24, 2.45) is 0 Å². The van der Waals surface area contributed by atoms with E-state index in [0.29, 0.717) is 0 Å². The van der Waals surface area contributed by atoms with E-state index in [9.17, 15) is 0 Å². The molecule has 0 spiro atoms. The highest BCUT2D eigenvalue weighted by atomic mass is 14.7. The summed E-state index contributed by atoms with van der Waals surface area (Å²) in [6.45, 7) is 6.77. The molecule has 1 aromatic heterocycles. The Bertz CT molecular complexity index is 1340. The Labute approximate surface area is 165 Å². The Morgan fingerprint density at radius 3 is 2.21 bits per heavy atom. The van der Waals surface area contributed by atoms with Crippen molar-refractivity contribution in [2.75, 3.05) is 0 Å². The van der Waals surface area contributed by atoms with Gasteiger partial charge in [0.05, 0.1) is 5.69 Å². The Balaban J connectivity index is 1.71. The maximum absolute atomic E-state index is 4.75. The van der Waals surface area contributed by atoms with Gasteiger partial charge in [0.15, 0.2) is 0 Å². The molecule has 0 aliphatic carbocycles. The summed E-state index contributed by atoms with van der Waals surface area (Å²) in [4.78, 5) is 4.75. The number of nitrogens with zero attached hydrogens (tertiary/aromatic N) is 1. The second-order valence-corrected chi connectivity index (χ2v) is 8.57. The summed E-state index contributed by atoms with van der Waals surface area (Å²) in [5, 5.41) is 7.53. The lowest BCUT2D eigenvalue weighted by Gasteiger charge is -2.19. The van der Waals surface area contributed by atoms with Crippen LogP contribution in [0.5, 0.6) is 0 Å². The van der Waals surface area contributed by atoms with E-state index in [-0.39, 0.29) is 5.41 Å². The topological polar surface area (TPSA) is 12.9 Å². The van der Waals surface area contributed by atoms with Crippen LogP contribution in [-0.4, -0.2) is 4.98 Å². The lowest BCUT2D eigenvalue weighted by Crippen LogP contribution is -2.10. The van der Waals surface area contributed by atoms with Crippen molar-refractivity contribution in [3.63, 3.8) is 0 Å². The van der Waals surface area contributed by atoms with Gasteiger partial charge in [0.25, 0.3) is 0 Å². The molecule has 1 heterocycles. The van der Waals surface area contributed by atoms with Gasteiger partial charge in [0, 0.05) is 17.1 Å². The zero-order chi connectivity index (χ0) is 19.3. The molecule has 0 atom stereocenters. The van der Waals surface area contributed by atoms with E-state index in [1.807, 2.05) is 6.20 Å². The van der Waals surface area contributed by atoms with Crippen molar-refractivity contribution in [3.05, 3.63) is 90.6 Å². The summed E-state index contributed by atoms with van der Waals surface area (Å²) < 4.78 is 0. The molecule has 5 aromatic rings. The molecule has 1 nitrogen and oxygen atoms in total. The van der Waals surface area contributed by atoms with Crippen LogP contribution in [0, 0.1) is 0 Å². The molecular formula is C27H23N. The summed E-state index contributed by atoms with van der Waals surface area (Å²) >= 11 is 0. The maximum Gasteiger partial charge on any atom is 0.0780 e. The standard InChI is InChI=1S/C27H23N/c1-27(2,3)22-12-10-19-16-21(9-8-20(19)17-22)26-25-13-11-18-6-4-5-7-23(18)24(25)14-15-28-26/h4-17H,1-3H3. The van der Waals surface area contributed by atoms with Crippen LogP contribution in [0.15, 0.2) is 85.1 Å². The van der Waals surface area contributed by atoms with E-state index in [1.165, 1.54) is 37.9 Å². The zero-order valence-corrected chi connectivity index (χ0v) is 16.5. The highest BCUT2D eigenvalue weighted by Gasteiger charge is 2.14. The van der Waals surface area contributed by atoms with Crippen LogP contribution in [0.4, 0.5) is 0 Å². The molecule has 0 unspecified atom stereocenters. The van der Waals surface area contributed by atoms with Crippen molar-refractivity contribution in [1.82, 2.24) is 4.98 Å². The highest BCUT2D eigenvalue weighted by Crippen LogP contribution is 2.33.